The Bertz CT molecular complexity index is 103. The van der Waals surface area contributed by atoms with Gasteiger partial charge in [0.15, 0.2) is 0 Å². The second-order valence-electron chi connectivity index (χ2n) is 4.62. The summed E-state index contributed by atoms with van der Waals surface area (Å²) in [6, 6.07) is 0. The van der Waals surface area contributed by atoms with Crippen LogP contribution in [0.15, 0.2) is 0 Å². The maximum atomic E-state index is 5.60. The quantitative estimate of drug-likeness (QED) is 0.541. The van der Waals surface area contributed by atoms with Crippen molar-refractivity contribution in [2.45, 2.75) is 65.1 Å². The highest BCUT2D eigenvalue weighted by atomic mass is 16.5. The molecule has 0 aromatic carbocycles. The Hall–Kier alpha value is -0.0400. The molecule has 2 aliphatic heterocycles. The smallest absolute Gasteiger partial charge is 0.0579 e. The van der Waals surface area contributed by atoms with Gasteiger partial charge in [0.05, 0.1) is 12.2 Å². The lowest BCUT2D eigenvalue weighted by atomic mass is 10.1. The van der Waals surface area contributed by atoms with Crippen LogP contribution in [0, 0.1) is 5.92 Å². The van der Waals surface area contributed by atoms with E-state index in [-0.39, 0.29) is 0 Å². The maximum Gasteiger partial charge on any atom is 0.0579 e. The molecule has 0 aliphatic carbocycles. The van der Waals surface area contributed by atoms with E-state index in [4.69, 9.17) is 4.74 Å². The van der Waals surface area contributed by atoms with Gasteiger partial charge in [-0.05, 0) is 38.0 Å². The highest BCUT2D eigenvalue weighted by Crippen LogP contribution is 2.31. The van der Waals surface area contributed by atoms with E-state index in [1.54, 1.807) is 0 Å². The highest BCUT2D eigenvalue weighted by Gasteiger charge is 2.28. The Balaban J connectivity index is 0.000000157. The summed E-state index contributed by atoms with van der Waals surface area (Å²) in [6.45, 7) is 6.50. The fourth-order valence-corrected chi connectivity index (χ4v) is 1.78. The molecule has 0 amide bonds. The van der Waals surface area contributed by atoms with E-state index in [1.165, 1.54) is 32.1 Å². The summed E-state index contributed by atoms with van der Waals surface area (Å²) in [4.78, 5) is 0. The van der Waals surface area contributed by atoms with Crippen LogP contribution in [0.1, 0.15) is 52.9 Å². The van der Waals surface area contributed by atoms with Crippen LogP contribution in [0.2, 0.25) is 0 Å². The van der Waals surface area contributed by atoms with E-state index in [0.717, 1.165) is 5.92 Å². The Morgan fingerprint density at radius 1 is 0.917 bits per heavy atom. The average Bonchev–Trinajstić information content (AvgIpc) is 2.30. The molecular weight excluding hydrogens is 148 g/mol. The largest absolute Gasteiger partial charge is 0.375 e. The summed E-state index contributed by atoms with van der Waals surface area (Å²) in [7, 11) is 0. The normalized spacial score (nSPS) is 33.0. The standard InChI is InChI=1S/C7H12O.C4H10/c1-2-6-4-5-7(3-1)8-6;1-4(2)3/h6-7H,1-5H2;4H,1-3H3/t6-,7+;. The molecule has 2 atom stereocenters. The molecule has 12 heavy (non-hydrogen) atoms. The first-order chi connectivity index (χ1) is 5.68. The van der Waals surface area contributed by atoms with Gasteiger partial charge < -0.3 is 4.74 Å². The predicted molar refractivity (Wildman–Crippen MR) is 52.3 cm³/mol. The zero-order valence-corrected chi connectivity index (χ0v) is 8.68. The second-order valence-corrected chi connectivity index (χ2v) is 4.62. The lowest BCUT2D eigenvalue weighted by Crippen LogP contribution is -2.16. The average molecular weight is 170 g/mol. The summed E-state index contributed by atoms with van der Waals surface area (Å²) in [5, 5.41) is 0. The first-order valence-corrected chi connectivity index (χ1v) is 5.34. The van der Waals surface area contributed by atoms with Crippen molar-refractivity contribution in [1.29, 1.82) is 0 Å². The second kappa shape index (κ2) is 4.86. The summed E-state index contributed by atoms with van der Waals surface area (Å²) < 4.78 is 5.60. The molecule has 0 radical (unpaired) electrons. The molecule has 2 rings (SSSR count). The Morgan fingerprint density at radius 3 is 1.67 bits per heavy atom. The molecule has 0 saturated carbocycles. The van der Waals surface area contributed by atoms with Gasteiger partial charge in [0, 0.05) is 0 Å². The lowest BCUT2D eigenvalue weighted by Gasteiger charge is -2.18. The van der Waals surface area contributed by atoms with Gasteiger partial charge in [-0.2, -0.15) is 0 Å². The third-order valence-electron chi connectivity index (χ3n) is 2.25. The summed E-state index contributed by atoms with van der Waals surface area (Å²) in [5.41, 5.74) is 0. The van der Waals surface area contributed by atoms with Crippen molar-refractivity contribution in [2.75, 3.05) is 0 Å². The van der Waals surface area contributed by atoms with E-state index in [0.29, 0.717) is 12.2 Å². The van der Waals surface area contributed by atoms with Gasteiger partial charge >= 0.3 is 0 Å². The first-order valence-electron chi connectivity index (χ1n) is 5.34. The van der Waals surface area contributed by atoms with Crippen molar-refractivity contribution >= 4 is 0 Å². The fraction of sp³-hybridized carbons (Fsp3) is 1.00. The minimum absolute atomic E-state index is 0.661. The Kier molecular flexibility index (Phi) is 4.07. The zero-order valence-electron chi connectivity index (χ0n) is 8.68. The predicted octanol–water partition coefficient (Wildman–Crippen LogP) is 3.38. The number of hydrogen-bond acceptors (Lipinski definition) is 1. The molecule has 0 unspecified atom stereocenters. The van der Waals surface area contributed by atoms with Gasteiger partial charge in [0.2, 0.25) is 0 Å². The minimum Gasteiger partial charge on any atom is -0.375 e. The Labute approximate surface area is 76.5 Å². The van der Waals surface area contributed by atoms with Crippen molar-refractivity contribution in [3.63, 3.8) is 0 Å². The first kappa shape index (κ1) is 10.0. The molecular formula is C11H22O. The number of hydrogen-bond donors (Lipinski definition) is 0. The van der Waals surface area contributed by atoms with Crippen LogP contribution in [-0.2, 0) is 4.74 Å². The molecule has 1 heteroatoms. The number of rotatable bonds is 0. The van der Waals surface area contributed by atoms with Crippen molar-refractivity contribution in [3.8, 4) is 0 Å². The van der Waals surface area contributed by atoms with Gasteiger partial charge in [-0.1, -0.05) is 20.8 Å². The van der Waals surface area contributed by atoms with E-state index in [2.05, 4.69) is 20.8 Å². The van der Waals surface area contributed by atoms with Gasteiger partial charge in [0.25, 0.3) is 0 Å². The number of ether oxygens (including phenoxy) is 1. The third kappa shape index (κ3) is 3.57. The zero-order chi connectivity index (χ0) is 8.97. The number of fused-ring (bicyclic) bond motifs is 2. The van der Waals surface area contributed by atoms with Crippen LogP contribution in [0.3, 0.4) is 0 Å². The molecule has 2 fully saturated rings. The molecule has 0 aromatic heterocycles. The highest BCUT2D eigenvalue weighted by molar-refractivity contribution is 4.78. The molecule has 72 valence electrons. The van der Waals surface area contributed by atoms with E-state index < -0.39 is 0 Å². The van der Waals surface area contributed by atoms with Gasteiger partial charge in [0.1, 0.15) is 0 Å². The molecule has 2 bridgehead atoms. The minimum atomic E-state index is 0.661. The van der Waals surface area contributed by atoms with E-state index in [9.17, 15) is 0 Å². The van der Waals surface area contributed by atoms with Crippen molar-refractivity contribution < 1.29 is 4.74 Å². The van der Waals surface area contributed by atoms with Crippen LogP contribution in [0.4, 0.5) is 0 Å². The van der Waals surface area contributed by atoms with E-state index in [1.807, 2.05) is 0 Å². The van der Waals surface area contributed by atoms with Crippen molar-refractivity contribution in [3.05, 3.63) is 0 Å². The monoisotopic (exact) mass is 170 g/mol. The topological polar surface area (TPSA) is 9.23 Å². The Morgan fingerprint density at radius 2 is 1.33 bits per heavy atom. The van der Waals surface area contributed by atoms with Crippen LogP contribution in [-0.4, -0.2) is 12.2 Å². The molecule has 1 nitrogen and oxygen atoms in total. The van der Waals surface area contributed by atoms with E-state index >= 15 is 0 Å². The van der Waals surface area contributed by atoms with Crippen LogP contribution in [0.25, 0.3) is 0 Å². The van der Waals surface area contributed by atoms with Crippen LogP contribution >= 0.6 is 0 Å². The summed E-state index contributed by atoms with van der Waals surface area (Å²) in [5.74, 6) is 0.833. The maximum absolute atomic E-state index is 5.60. The molecule has 0 N–H and O–H groups in total. The fourth-order valence-electron chi connectivity index (χ4n) is 1.78. The molecule has 2 heterocycles. The van der Waals surface area contributed by atoms with Gasteiger partial charge in [-0.25, -0.2) is 0 Å². The SMILES string of the molecule is C1C[C@@H]2CC[C@H](C1)O2.CC(C)C. The van der Waals surface area contributed by atoms with Crippen molar-refractivity contribution in [2.24, 2.45) is 5.92 Å². The third-order valence-corrected chi connectivity index (χ3v) is 2.25. The lowest BCUT2D eigenvalue weighted by molar-refractivity contribution is 0.00575. The van der Waals surface area contributed by atoms with Gasteiger partial charge in [-0.15, -0.1) is 0 Å². The van der Waals surface area contributed by atoms with Crippen LogP contribution < -0.4 is 0 Å². The van der Waals surface area contributed by atoms with Gasteiger partial charge in [-0.3, -0.25) is 0 Å². The molecule has 0 spiro atoms. The van der Waals surface area contributed by atoms with Crippen LogP contribution in [0.5, 0.6) is 0 Å². The molecule has 0 aromatic rings. The molecule has 2 saturated heterocycles. The van der Waals surface area contributed by atoms with Crippen molar-refractivity contribution in [1.82, 2.24) is 0 Å². The molecule has 2 aliphatic rings. The summed E-state index contributed by atoms with van der Waals surface area (Å²) in [6.07, 6.45) is 8.07. The summed E-state index contributed by atoms with van der Waals surface area (Å²) >= 11 is 0.